The zero-order chi connectivity index (χ0) is 25.9. The van der Waals surface area contributed by atoms with E-state index in [0.29, 0.717) is 34.4 Å². The molecule has 6 rings (SSSR count). The second-order valence-electron chi connectivity index (χ2n) is 10.2. The lowest BCUT2D eigenvalue weighted by molar-refractivity contribution is -0.192. The van der Waals surface area contributed by atoms with Crippen LogP contribution in [0.5, 0.6) is 5.75 Å². The fourth-order valence-corrected chi connectivity index (χ4v) is 5.96. The molecular weight excluding hydrogens is 479 g/mol. The molecule has 0 fully saturated rings. The number of guanidine groups is 1. The molecule has 5 nitrogen and oxygen atoms in total. The first-order chi connectivity index (χ1) is 17.6. The molecule has 0 saturated carbocycles. The Labute approximate surface area is 213 Å². The Bertz CT molecular complexity index is 1400. The average molecular weight is 508 g/mol. The Morgan fingerprint density at radius 3 is 2.62 bits per heavy atom. The van der Waals surface area contributed by atoms with Gasteiger partial charge in [-0.15, -0.1) is 0 Å². The van der Waals surface area contributed by atoms with Gasteiger partial charge in [0, 0.05) is 19.4 Å². The number of aliphatic imine (C=N–C) groups is 1. The molecule has 0 bridgehead atoms. The number of nitrogens with zero attached hydrogens (tertiary/aromatic N) is 2. The third-order valence-electron chi connectivity index (χ3n) is 7.66. The van der Waals surface area contributed by atoms with E-state index in [4.69, 9.17) is 20.3 Å². The quantitative estimate of drug-likeness (QED) is 0.443. The molecule has 3 unspecified atom stereocenters. The fourth-order valence-electron chi connectivity index (χ4n) is 5.96. The molecule has 3 aromatic rings. The molecule has 2 heterocycles. The second-order valence-corrected chi connectivity index (χ2v) is 10.2. The topological polar surface area (TPSA) is 60.1 Å². The normalized spacial score (nSPS) is 24.9. The van der Waals surface area contributed by atoms with Crippen molar-refractivity contribution in [2.24, 2.45) is 10.7 Å². The zero-order valence-electron chi connectivity index (χ0n) is 20.7. The van der Waals surface area contributed by atoms with Crippen LogP contribution in [0, 0.1) is 6.92 Å². The number of hydrogen-bond donors (Lipinski definition) is 1. The maximum atomic E-state index is 13.5. The Kier molecular flexibility index (Phi) is 5.49. The van der Waals surface area contributed by atoms with E-state index in [2.05, 4.69) is 24.3 Å². The average Bonchev–Trinajstić information content (AvgIpc) is 3.15. The minimum Gasteiger partial charge on any atom is -0.489 e. The largest absolute Gasteiger partial charge is 0.489 e. The van der Waals surface area contributed by atoms with Crippen molar-refractivity contribution in [2.75, 3.05) is 7.05 Å². The predicted molar refractivity (Wildman–Crippen MR) is 135 cm³/mol. The summed E-state index contributed by atoms with van der Waals surface area (Å²) in [4.78, 5) is 11.0. The van der Waals surface area contributed by atoms with E-state index in [9.17, 15) is 13.2 Å². The summed E-state index contributed by atoms with van der Waals surface area (Å²) < 4.78 is 47.1. The monoisotopic (exact) mass is 507 g/mol. The molecule has 0 aromatic heterocycles. The molecule has 0 saturated heterocycles. The molecule has 1 aliphatic carbocycles. The summed E-state index contributed by atoms with van der Waals surface area (Å²) in [5.74, 6) is 1.03. The van der Waals surface area contributed by atoms with Crippen LogP contribution in [0.2, 0.25) is 0 Å². The molecule has 3 aromatic carbocycles. The van der Waals surface area contributed by atoms with Gasteiger partial charge < -0.3 is 10.5 Å². The minimum atomic E-state index is -4.43. The Balaban J connectivity index is 1.44. The Morgan fingerprint density at radius 2 is 1.86 bits per heavy atom. The van der Waals surface area contributed by atoms with Crippen molar-refractivity contribution in [1.29, 1.82) is 0 Å². The van der Waals surface area contributed by atoms with Gasteiger partial charge >= 0.3 is 6.18 Å². The van der Waals surface area contributed by atoms with Gasteiger partial charge in [-0.1, -0.05) is 36.4 Å². The number of alkyl halides is 3. The number of hydrogen-bond acceptors (Lipinski definition) is 5. The lowest BCUT2D eigenvalue weighted by Crippen LogP contribution is -2.42. The van der Waals surface area contributed by atoms with Crippen LogP contribution >= 0.6 is 0 Å². The van der Waals surface area contributed by atoms with Crippen LogP contribution in [0.3, 0.4) is 0 Å². The van der Waals surface area contributed by atoms with Crippen molar-refractivity contribution in [3.63, 3.8) is 0 Å². The number of aryl methyl sites for hydroxylation is 2. The number of halogens is 3. The molecule has 2 N–H and O–H groups in total. The second kappa shape index (κ2) is 8.52. The van der Waals surface area contributed by atoms with Crippen molar-refractivity contribution >= 4 is 5.96 Å². The van der Waals surface area contributed by atoms with Crippen LogP contribution in [0.15, 0.2) is 65.7 Å². The third kappa shape index (κ3) is 4.13. The highest BCUT2D eigenvalue weighted by Crippen LogP contribution is 2.51. The number of ether oxygens (including phenoxy) is 1. The molecule has 3 aliphatic rings. The van der Waals surface area contributed by atoms with Crippen molar-refractivity contribution in [1.82, 2.24) is 5.06 Å². The number of rotatable bonds is 2. The lowest BCUT2D eigenvalue weighted by Gasteiger charge is -2.41. The van der Waals surface area contributed by atoms with Crippen LogP contribution in [0.4, 0.5) is 13.2 Å². The van der Waals surface area contributed by atoms with Gasteiger partial charge in [-0.25, -0.2) is 14.9 Å². The zero-order valence-corrected chi connectivity index (χ0v) is 20.7. The summed E-state index contributed by atoms with van der Waals surface area (Å²) in [6.45, 7) is 1.66. The molecule has 192 valence electrons. The number of nitrogens with two attached hydrogens (primary N) is 1. The molecule has 2 aliphatic heterocycles. The predicted octanol–water partition coefficient (Wildman–Crippen LogP) is 6.30. The molecule has 0 amide bonds. The van der Waals surface area contributed by atoms with Crippen LogP contribution in [0.1, 0.15) is 53.0 Å². The van der Waals surface area contributed by atoms with Crippen molar-refractivity contribution in [3.05, 3.63) is 88.5 Å². The first-order valence-electron chi connectivity index (χ1n) is 12.5. The van der Waals surface area contributed by atoms with Crippen molar-refractivity contribution < 1.29 is 22.7 Å². The highest BCUT2D eigenvalue weighted by Gasteiger charge is 2.50. The SMILES string of the molecule is Cc1cc(-c2ccc3c(c2)C2(CC(C4CCCc5ccccc54)O3)N=C(N)N(C)O2)cc(C(F)(F)F)c1. The third-order valence-corrected chi connectivity index (χ3v) is 7.66. The van der Waals surface area contributed by atoms with Crippen LogP contribution in [-0.2, 0) is 23.2 Å². The van der Waals surface area contributed by atoms with Crippen LogP contribution < -0.4 is 10.5 Å². The summed E-state index contributed by atoms with van der Waals surface area (Å²) in [5, 5.41) is 1.45. The van der Waals surface area contributed by atoms with E-state index < -0.39 is 17.5 Å². The summed E-state index contributed by atoms with van der Waals surface area (Å²) in [6.07, 6.45) is -1.08. The van der Waals surface area contributed by atoms with Gasteiger partial charge in [-0.05, 0) is 78.3 Å². The Hall–Kier alpha value is -3.52. The highest BCUT2D eigenvalue weighted by molar-refractivity contribution is 5.79. The number of hydroxylamine groups is 2. The number of benzene rings is 3. The van der Waals surface area contributed by atoms with E-state index in [0.717, 1.165) is 25.3 Å². The smallest absolute Gasteiger partial charge is 0.416 e. The van der Waals surface area contributed by atoms with E-state index in [-0.39, 0.29) is 18.0 Å². The number of fused-ring (bicyclic) bond motifs is 3. The van der Waals surface area contributed by atoms with Gasteiger partial charge in [-0.2, -0.15) is 13.2 Å². The van der Waals surface area contributed by atoms with Crippen molar-refractivity contribution in [2.45, 2.75) is 56.5 Å². The molecule has 0 radical (unpaired) electrons. The van der Waals surface area contributed by atoms with E-state index in [1.54, 1.807) is 26.1 Å². The van der Waals surface area contributed by atoms with Gasteiger partial charge in [-0.3, -0.25) is 0 Å². The standard InChI is InChI=1S/C29H28F3N3O2/c1-17-12-20(14-21(13-17)29(30,31)32)19-10-11-25-24(15-19)28(34-27(33)35(2)37-28)16-26(36-25)23-9-5-7-18-6-3-4-8-22(18)23/h3-4,6,8,10-15,23,26H,5,7,9,16H2,1-2H3,(H2,33,34). The summed E-state index contributed by atoms with van der Waals surface area (Å²) in [5.41, 5.74) is 9.28. The maximum absolute atomic E-state index is 13.5. The van der Waals surface area contributed by atoms with E-state index >= 15 is 0 Å². The van der Waals surface area contributed by atoms with Gasteiger partial charge in [0.25, 0.3) is 0 Å². The van der Waals surface area contributed by atoms with Crippen molar-refractivity contribution in [3.8, 4) is 16.9 Å². The summed E-state index contributed by atoms with van der Waals surface area (Å²) in [7, 11) is 1.70. The first kappa shape index (κ1) is 23.9. The minimum absolute atomic E-state index is 0.173. The van der Waals surface area contributed by atoms with E-state index in [1.807, 2.05) is 12.1 Å². The first-order valence-corrected chi connectivity index (χ1v) is 12.5. The molecule has 3 atom stereocenters. The van der Waals surface area contributed by atoms with Crippen LogP contribution in [0.25, 0.3) is 11.1 Å². The highest BCUT2D eigenvalue weighted by atomic mass is 19.4. The Morgan fingerprint density at radius 1 is 1.05 bits per heavy atom. The van der Waals surface area contributed by atoms with Crippen LogP contribution in [-0.4, -0.2) is 24.2 Å². The molecular formula is C29H28F3N3O2. The molecule has 8 heteroatoms. The van der Waals surface area contributed by atoms with Gasteiger partial charge in [0.2, 0.25) is 11.7 Å². The van der Waals surface area contributed by atoms with Gasteiger partial charge in [0.1, 0.15) is 11.9 Å². The lowest BCUT2D eigenvalue weighted by atomic mass is 9.76. The van der Waals surface area contributed by atoms with Gasteiger partial charge in [0.15, 0.2) is 0 Å². The molecule has 37 heavy (non-hydrogen) atoms. The molecule has 1 spiro atoms. The van der Waals surface area contributed by atoms with E-state index in [1.165, 1.54) is 22.3 Å². The fraction of sp³-hybridized carbons (Fsp3) is 0.345. The van der Waals surface area contributed by atoms with Gasteiger partial charge in [0.05, 0.1) is 11.1 Å². The maximum Gasteiger partial charge on any atom is 0.416 e. The summed E-state index contributed by atoms with van der Waals surface area (Å²) in [6, 6.07) is 18.0. The summed E-state index contributed by atoms with van der Waals surface area (Å²) >= 11 is 0.